The van der Waals surface area contributed by atoms with Crippen LogP contribution in [0.5, 0.6) is 0 Å². The summed E-state index contributed by atoms with van der Waals surface area (Å²) in [5, 5.41) is 9.13. The Morgan fingerprint density at radius 1 is 1.41 bits per heavy atom. The van der Waals surface area contributed by atoms with Crippen molar-refractivity contribution in [3.8, 4) is 0 Å². The fraction of sp³-hybridized carbons (Fsp3) is 0.538. The highest BCUT2D eigenvalue weighted by atomic mass is 79.9. The van der Waals surface area contributed by atoms with Gasteiger partial charge in [0.1, 0.15) is 0 Å². The van der Waals surface area contributed by atoms with Crippen molar-refractivity contribution >= 4 is 21.6 Å². The average Bonchev–Trinajstić information content (AvgIpc) is 2.39. The van der Waals surface area contributed by atoms with E-state index >= 15 is 0 Å². The molecule has 94 valence electrons. The van der Waals surface area contributed by atoms with Gasteiger partial charge in [-0.25, -0.2) is 0 Å². The first-order valence-electron chi connectivity index (χ1n) is 5.91. The van der Waals surface area contributed by atoms with Crippen molar-refractivity contribution in [2.75, 3.05) is 25.1 Å². The number of anilines is 1. The highest BCUT2D eigenvalue weighted by Gasteiger charge is 2.19. The lowest BCUT2D eigenvalue weighted by molar-refractivity contribution is 0.0819. The number of benzene rings is 1. The molecule has 3 nitrogen and oxygen atoms in total. The quantitative estimate of drug-likeness (QED) is 0.931. The lowest BCUT2D eigenvalue weighted by atomic mass is 10.1. The number of methoxy groups -OCH3 is 1. The first-order chi connectivity index (χ1) is 8.24. The second kappa shape index (κ2) is 5.85. The minimum Gasteiger partial charge on any atom is -0.392 e. The third-order valence-corrected chi connectivity index (χ3v) is 4.09. The van der Waals surface area contributed by atoms with Crippen molar-refractivity contribution in [1.29, 1.82) is 0 Å². The number of piperidine rings is 1. The van der Waals surface area contributed by atoms with Gasteiger partial charge in [0.05, 0.1) is 12.7 Å². The van der Waals surface area contributed by atoms with Gasteiger partial charge in [-0.15, -0.1) is 0 Å². The van der Waals surface area contributed by atoms with Crippen molar-refractivity contribution in [3.05, 3.63) is 28.2 Å². The van der Waals surface area contributed by atoms with Crippen molar-refractivity contribution in [3.63, 3.8) is 0 Å². The van der Waals surface area contributed by atoms with Crippen molar-refractivity contribution in [2.45, 2.75) is 25.6 Å². The predicted octanol–water partition coefficient (Wildman–Crippen LogP) is 2.56. The normalized spacial score (nSPS) is 17.5. The number of aliphatic hydroxyl groups excluding tert-OH is 1. The Morgan fingerprint density at radius 2 is 2.12 bits per heavy atom. The molecule has 1 saturated heterocycles. The fourth-order valence-electron chi connectivity index (χ4n) is 2.21. The number of rotatable bonds is 3. The summed E-state index contributed by atoms with van der Waals surface area (Å²) in [7, 11) is 1.78. The Balaban J connectivity index is 2.06. The number of ether oxygens (including phenoxy) is 1. The van der Waals surface area contributed by atoms with Crippen molar-refractivity contribution < 1.29 is 9.84 Å². The summed E-state index contributed by atoms with van der Waals surface area (Å²) >= 11 is 3.49. The minimum atomic E-state index is 0.0760. The highest BCUT2D eigenvalue weighted by Crippen LogP contribution is 2.26. The van der Waals surface area contributed by atoms with E-state index in [1.54, 1.807) is 7.11 Å². The van der Waals surface area contributed by atoms with Gasteiger partial charge in [-0.05, 0) is 30.5 Å². The number of aliphatic hydroxyl groups is 1. The van der Waals surface area contributed by atoms with Crippen LogP contribution in [0, 0.1) is 0 Å². The Morgan fingerprint density at radius 3 is 2.65 bits per heavy atom. The maximum atomic E-state index is 9.13. The molecular weight excluding hydrogens is 282 g/mol. The molecule has 0 amide bonds. The van der Waals surface area contributed by atoms with E-state index in [2.05, 4.69) is 33.0 Å². The van der Waals surface area contributed by atoms with Gasteiger partial charge in [0.25, 0.3) is 0 Å². The molecule has 0 aliphatic carbocycles. The van der Waals surface area contributed by atoms with Gasteiger partial charge in [0.15, 0.2) is 0 Å². The Hall–Kier alpha value is -0.580. The van der Waals surface area contributed by atoms with Crippen molar-refractivity contribution in [2.24, 2.45) is 0 Å². The van der Waals surface area contributed by atoms with E-state index in [4.69, 9.17) is 9.84 Å². The van der Waals surface area contributed by atoms with Gasteiger partial charge < -0.3 is 14.7 Å². The zero-order chi connectivity index (χ0) is 12.3. The molecule has 0 radical (unpaired) electrons. The lowest BCUT2D eigenvalue weighted by Crippen LogP contribution is -2.36. The number of nitrogens with zero attached hydrogens (tertiary/aromatic N) is 1. The molecule has 1 N–H and O–H groups in total. The van der Waals surface area contributed by atoms with Crippen LogP contribution in [0.1, 0.15) is 18.4 Å². The van der Waals surface area contributed by atoms with Crippen LogP contribution in [0.25, 0.3) is 0 Å². The third-order valence-electron chi connectivity index (χ3n) is 3.35. The maximum absolute atomic E-state index is 9.13. The smallest absolute Gasteiger partial charge is 0.0692 e. The van der Waals surface area contributed by atoms with Gasteiger partial charge >= 0.3 is 0 Å². The van der Waals surface area contributed by atoms with E-state index < -0.39 is 0 Å². The molecule has 0 atom stereocenters. The van der Waals surface area contributed by atoms with E-state index in [0.29, 0.717) is 6.10 Å². The van der Waals surface area contributed by atoms with Crippen LogP contribution in [0.4, 0.5) is 5.69 Å². The Bertz CT molecular complexity index is 376. The fourth-order valence-corrected chi connectivity index (χ4v) is 2.70. The van der Waals surface area contributed by atoms with E-state index in [-0.39, 0.29) is 6.61 Å². The zero-order valence-electron chi connectivity index (χ0n) is 10.0. The Labute approximate surface area is 111 Å². The largest absolute Gasteiger partial charge is 0.392 e. The molecule has 0 bridgehead atoms. The number of hydrogen-bond acceptors (Lipinski definition) is 3. The monoisotopic (exact) mass is 299 g/mol. The highest BCUT2D eigenvalue weighted by molar-refractivity contribution is 9.10. The average molecular weight is 300 g/mol. The summed E-state index contributed by atoms with van der Waals surface area (Å²) in [4.78, 5) is 2.36. The predicted molar refractivity (Wildman–Crippen MR) is 72.3 cm³/mol. The topological polar surface area (TPSA) is 32.7 Å². The Kier molecular flexibility index (Phi) is 4.42. The van der Waals surface area contributed by atoms with Gasteiger partial charge in [0.2, 0.25) is 0 Å². The maximum Gasteiger partial charge on any atom is 0.0692 e. The van der Waals surface area contributed by atoms with Crippen molar-refractivity contribution in [1.82, 2.24) is 0 Å². The molecule has 4 heteroatoms. The van der Waals surface area contributed by atoms with Gasteiger partial charge in [0, 0.05) is 30.4 Å². The van der Waals surface area contributed by atoms with Gasteiger partial charge in [-0.2, -0.15) is 0 Å². The summed E-state index contributed by atoms with van der Waals surface area (Å²) in [6, 6.07) is 6.13. The summed E-state index contributed by atoms with van der Waals surface area (Å²) in [5.41, 5.74) is 2.14. The first kappa shape index (κ1) is 12.9. The summed E-state index contributed by atoms with van der Waals surface area (Å²) in [5.74, 6) is 0. The first-order valence-corrected chi connectivity index (χ1v) is 6.71. The molecule has 1 aliphatic rings. The molecule has 1 fully saturated rings. The zero-order valence-corrected chi connectivity index (χ0v) is 11.6. The van der Waals surface area contributed by atoms with Crippen LogP contribution in [-0.2, 0) is 11.3 Å². The van der Waals surface area contributed by atoms with Crippen LogP contribution in [0.2, 0.25) is 0 Å². The summed E-state index contributed by atoms with van der Waals surface area (Å²) in [6.07, 6.45) is 2.57. The SMILES string of the molecule is COC1CCN(c2ccc(CO)c(Br)c2)CC1. The summed E-state index contributed by atoms with van der Waals surface area (Å²) < 4.78 is 6.34. The summed E-state index contributed by atoms with van der Waals surface area (Å²) in [6.45, 7) is 2.14. The van der Waals surface area contributed by atoms with E-state index in [0.717, 1.165) is 36.0 Å². The van der Waals surface area contributed by atoms with Crippen LogP contribution in [0.15, 0.2) is 22.7 Å². The van der Waals surface area contributed by atoms with E-state index in [9.17, 15) is 0 Å². The molecule has 1 heterocycles. The van der Waals surface area contributed by atoms with E-state index in [1.807, 2.05) is 6.07 Å². The molecule has 1 aromatic rings. The van der Waals surface area contributed by atoms with Crippen LogP contribution >= 0.6 is 15.9 Å². The second-order valence-corrected chi connectivity index (χ2v) is 5.21. The van der Waals surface area contributed by atoms with E-state index in [1.165, 1.54) is 5.69 Å². The molecule has 2 rings (SSSR count). The molecule has 0 unspecified atom stereocenters. The van der Waals surface area contributed by atoms with Gasteiger partial charge in [-0.3, -0.25) is 0 Å². The number of hydrogen-bond donors (Lipinski definition) is 1. The number of halogens is 1. The van der Waals surface area contributed by atoms with Crippen LogP contribution in [-0.4, -0.2) is 31.4 Å². The molecule has 0 aromatic heterocycles. The second-order valence-electron chi connectivity index (χ2n) is 4.36. The van der Waals surface area contributed by atoms with Gasteiger partial charge in [-0.1, -0.05) is 22.0 Å². The molecule has 0 spiro atoms. The molecule has 1 aliphatic heterocycles. The standard InChI is InChI=1S/C13H18BrNO2/c1-17-12-4-6-15(7-5-12)11-3-2-10(9-16)13(14)8-11/h2-3,8,12,16H,4-7,9H2,1H3. The molecule has 17 heavy (non-hydrogen) atoms. The van der Waals surface area contributed by atoms with Crippen LogP contribution < -0.4 is 4.90 Å². The minimum absolute atomic E-state index is 0.0760. The van der Waals surface area contributed by atoms with Crippen LogP contribution in [0.3, 0.4) is 0 Å². The molecule has 1 aromatic carbocycles. The third kappa shape index (κ3) is 3.00. The lowest BCUT2D eigenvalue weighted by Gasteiger charge is -2.33. The molecule has 0 saturated carbocycles. The molecular formula is C13H18BrNO2.